The van der Waals surface area contributed by atoms with Gasteiger partial charge in [0.15, 0.2) is 0 Å². The fourth-order valence-corrected chi connectivity index (χ4v) is 6.84. The fraction of sp³-hybridized carbons (Fsp3) is 0.483. The van der Waals surface area contributed by atoms with Crippen LogP contribution in [-0.2, 0) is 19.8 Å². The van der Waals surface area contributed by atoms with Crippen molar-refractivity contribution in [2.45, 2.75) is 50.6 Å². The molecule has 2 saturated heterocycles. The summed E-state index contributed by atoms with van der Waals surface area (Å²) in [7, 11) is 0. The van der Waals surface area contributed by atoms with Gasteiger partial charge in [-0.15, -0.1) is 0 Å². The van der Waals surface area contributed by atoms with E-state index in [1.165, 1.54) is 24.3 Å². The molecule has 0 saturated carbocycles. The summed E-state index contributed by atoms with van der Waals surface area (Å²) in [5, 5.41) is 11.6. The van der Waals surface area contributed by atoms with Gasteiger partial charge in [-0.3, -0.25) is 19.3 Å². The minimum absolute atomic E-state index is 0.0765. The Balaban J connectivity index is 1.59. The van der Waals surface area contributed by atoms with Gasteiger partial charge >= 0.3 is 0 Å². The smallest absolute Gasteiger partial charge is 0.237 e. The van der Waals surface area contributed by atoms with E-state index in [4.69, 9.17) is 23.2 Å². The molecule has 12 heteroatoms. The molecule has 0 radical (unpaired) electrons. The molecule has 41 heavy (non-hydrogen) atoms. The zero-order chi connectivity index (χ0) is 29.7. The topological polar surface area (TPSA) is 103 Å². The summed E-state index contributed by atoms with van der Waals surface area (Å²) in [5.41, 5.74) is -1.17. The molecule has 4 atom stereocenters. The normalized spacial score (nSPS) is 26.2. The number of amides is 3. The van der Waals surface area contributed by atoms with E-state index < -0.39 is 46.9 Å². The molecule has 220 valence electrons. The van der Waals surface area contributed by atoms with Gasteiger partial charge in [0.1, 0.15) is 17.0 Å². The summed E-state index contributed by atoms with van der Waals surface area (Å²) in [4.78, 5) is 41.7. The number of piperazine rings is 1. The second-order valence-electron chi connectivity index (χ2n) is 12.1. The third-order valence-electron chi connectivity index (χ3n) is 8.14. The van der Waals surface area contributed by atoms with Crippen LogP contribution < -0.4 is 21.3 Å². The van der Waals surface area contributed by atoms with Gasteiger partial charge in [-0.2, -0.15) is 0 Å². The monoisotopic (exact) mass is 607 g/mol. The first-order chi connectivity index (χ1) is 19.3. The van der Waals surface area contributed by atoms with E-state index in [0.717, 1.165) is 0 Å². The predicted octanol–water partition coefficient (Wildman–Crippen LogP) is 3.57. The van der Waals surface area contributed by atoms with Crippen LogP contribution in [0.2, 0.25) is 10.0 Å². The average molecular weight is 609 g/mol. The molecular weight excluding hydrogens is 575 g/mol. The summed E-state index contributed by atoms with van der Waals surface area (Å²) in [5.74, 6) is -3.54. The molecule has 0 unspecified atom stereocenters. The largest absolute Gasteiger partial charge is 0.354 e. The van der Waals surface area contributed by atoms with E-state index in [1.807, 2.05) is 25.7 Å². The minimum atomic E-state index is -1.55. The first-order valence-electron chi connectivity index (χ1n) is 13.6. The molecule has 4 N–H and O–H groups in total. The third-order valence-corrected chi connectivity index (χ3v) is 8.73. The Morgan fingerprint density at radius 2 is 1.93 bits per heavy atom. The van der Waals surface area contributed by atoms with E-state index in [1.54, 1.807) is 6.07 Å². The first kappa shape index (κ1) is 29.7. The van der Waals surface area contributed by atoms with Gasteiger partial charge in [-0.05, 0) is 41.2 Å². The van der Waals surface area contributed by atoms with E-state index in [9.17, 15) is 14.4 Å². The minimum Gasteiger partial charge on any atom is -0.354 e. The number of hydrogen-bond donors (Lipinski definition) is 4. The molecule has 0 aromatic heterocycles. The molecule has 0 bridgehead atoms. The summed E-state index contributed by atoms with van der Waals surface area (Å²) in [6.07, 6.45) is 0.412. The highest BCUT2D eigenvalue weighted by Gasteiger charge is 2.66. The lowest BCUT2D eigenvalue weighted by Gasteiger charge is -2.37. The molecular formula is C29H33Cl2F2N5O3. The van der Waals surface area contributed by atoms with E-state index in [-0.39, 0.29) is 40.0 Å². The van der Waals surface area contributed by atoms with Crippen molar-refractivity contribution in [1.82, 2.24) is 20.9 Å². The lowest BCUT2D eigenvalue weighted by molar-refractivity contribution is -0.124. The molecule has 0 aliphatic carbocycles. The van der Waals surface area contributed by atoms with Gasteiger partial charge in [0.25, 0.3) is 0 Å². The SMILES string of the molecule is CC(C)(C)C[C@H]1N[C@@H](C(=O)NCCN2CCNC(=O)C2)[C@H](c2cccc(Cl)c2F)[C@@]12C(=O)Nc1cc(Cl)c(F)cc12. The summed E-state index contributed by atoms with van der Waals surface area (Å²) in [6, 6.07) is 5.31. The van der Waals surface area contributed by atoms with Crippen molar-refractivity contribution in [2.24, 2.45) is 5.41 Å². The molecule has 2 fully saturated rings. The zero-order valence-corrected chi connectivity index (χ0v) is 24.6. The van der Waals surface area contributed by atoms with Crippen LogP contribution in [0.1, 0.15) is 44.2 Å². The number of halogens is 4. The maximum absolute atomic E-state index is 15.8. The lowest BCUT2D eigenvalue weighted by atomic mass is 9.62. The van der Waals surface area contributed by atoms with E-state index >= 15 is 8.78 Å². The number of carbonyl (C=O) groups excluding carboxylic acids is 3. The predicted molar refractivity (Wildman–Crippen MR) is 153 cm³/mol. The van der Waals surface area contributed by atoms with Crippen molar-refractivity contribution in [1.29, 1.82) is 0 Å². The van der Waals surface area contributed by atoms with Crippen molar-refractivity contribution in [3.63, 3.8) is 0 Å². The standard InChI is InChI=1S/C29H33Cl2F2N5O3/c1-28(2,3)13-21-29(16-11-19(32)18(31)12-20(16)36-27(29)41)23(15-5-4-6-17(30)24(15)33)25(37-21)26(40)35-8-10-38-9-7-34-22(39)14-38/h4-6,11-12,21,23,25,37H,7-10,13-14H2,1-3H3,(H,34,39)(H,35,40)(H,36,41)/t21-,23+,25-,29+/m1/s1. The van der Waals surface area contributed by atoms with Gasteiger partial charge in [0.05, 0.1) is 22.6 Å². The fourth-order valence-electron chi connectivity index (χ4n) is 6.49. The van der Waals surface area contributed by atoms with Gasteiger partial charge in [-0.25, -0.2) is 8.78 Å². The number of nitrogens with zero attached hydrogens (tertiary/aromatic N) is 1. The van der Waals surface area contributed by atoms with Gasteiger partial charge < -0.3 is 21.3 Å². The maximum Gasteiger partial charge on any atom is 0.237 e. The average Bonchev–Trinajstić information content (AvgIpc) is 3.35. The molecule has 8 nitrogen and oxygen atoms in total. The number of anilines is 1. The van der Waals surface area contributed by atoms with Crippen molar-refractivity contribution in [3.05, 3.63) is 63.1 Å². The number of fused-ring (bicyclic) bond motifs is 2. The Bertz CT molecular complexity index is 1400. The quantitative estimate of drug-likeness (QED) is 0.402. The number of hydrogen-bond acceptors (Lipinski definition) is 5. The Labute approximate surface area is 247 Å². The number of rotatable bonds is 6. The summed E-state index contributed by atoms with van der Waals surface area (Å²) < 4.78 is 30.8. The second-order valence-corrected chi connectivity index (χ2v) is 12.9. The van der Waals surface area contributed by atoms with Crippen molar-refractivity contribution in [2.75, 3.05) is 38.0 Å². The van der Waals surface area contributed by atoms with Crippen LogP contribution in [0, 0.1) is 17.0 Å². The molecule has 5 rings (SSSR count). The number of benzene rings is 2. The van der Waals surface area contributed by atoms with Gasteiger partial charge in [0.2, 0.25) is 17.7 Å². The Hall–Kier alpha value is -2.79. The maximum atomic E-state index is 15.8. The van der Waals surface area contributed by atoms with Crippen LogP contribution in [0.3, 0.4) is 0 Å². The second kappa shape index (κ2) is 11.1. The molecule has 3 aliphatic heterocycles. The van der Waals surface area contributed by atoms with E-state index in [2.05, 4.69) is 21.3 Å². The van der Waals surface area contributed by atoms with Crippen LogP contribution in [0.5, 0.6) is 0 Å². The number of carbonyl (C=O) groups is 3. The van der Waals surface area contributed by atoms with E-state index in [0.29, 0.717) is 37.3 Å². The summed E-state index contributed by atoms with van der Waals surface area (Å²) >= 11 is 12.3. The highest BCUT2D eigenvalue weighted by molar-refractivity contribution is 6.31. The van der Waals surface area contributed by atoms with Crippen LogP contribution in [0.25, 0.3) is 0 Å². The van der Waals surface area contributed by atoms with Gasteiger partial charge in [0, 0.05) is 43.8 Å². The summed E-state index contributed by atoms with van der Waals surface area (Å²) in [6.45, 7) is 8.07. The van der Waals surface area contributed by atoms with Crippen molar-refractivity contribution < 1.29 is 23.2 Å². The van der Waals surface area contributed by atoms with Crippen molar-refractivity contribution >= 4 is 46.6 Å². The molecule has 3 heterocycles. The highest BCUT2D eigenvalue weighted by atomic mass is 35.5. The van der Waals surface area contributed by atoms with Crippen LogP contribution in [0.4, 0.5) is 14.5 Å². The molecule has 1 spiro atoms. The Morgan fingerprint density at radius 1 is 1.17 bits per heavy atom. The molecule has 3 amide bonds. The molecule has 2 aromatic rings. The first-order valence-corrected chi connectivity index (χ1v) is 14.4. The highest BCUT2D eigenvalue weighted by Crippen LogP contribution is 2.57. The molecule has 2 aromatic carbocycles. The lowest BCUT2D eigenvalue weighted by Crippen LogP contribution is -2.51. The van der Waals surface area contributed by atoms with Crippen LogP contribution in [0.15, 0.2) is 30.3 Å². The Morgan fingerprint density at radius 3 is 2.63 bits per heavy atom. The number of nitrogens with one attached hydrogen (secondary N) is 4. The van der Waals surface area contributed by atoms with Gasteiger partial charge in [-0.1, -0.05) is 56.1 Å². The Kier molecular flexibility index (Phi) is 8.06. The van der Waals surface area contributed by atoms with Crippen molar-refractivity contribution in [3.8, 4) is 0 Å². The van der Waals surface area contributed by atoms with Crippen LogP contribution >= 0.6 is 23.2 Å². The van der Waals surface area contributed by atoms with Crippen LogP contribution in [-0.4, -0.2) is 67.4 Å². The molecule has 3 aliphatic rings. The third kappa shape index (κ3) is 5.43. The zero-order valence-electron chi connectivity index (χ0n) is 23.0.